The molecule has 1 aromatic heterocycles. The average Bonchev–Trinajstić information content (AvgIpc) is 3.18. The Labute approximate surface area is 212 Å². The first-order valence-electron chi connectivity index (χ1n) is 12.3. The number of ether oxygens (including phenoxy) is 1. The minimum Gasteiger partial charge on any atom is -0.497 e. The van der Waals surface area contributed by atoms with E-state index < -0.39 is 0 Å². The summed E-state index contributed by atoms with van der Waals surface area (Å²) in [5, 5.41) is 8.87. The first-order valence-corrected chi connectivity index (χ1v) is 12.3. The number of nitrogens with zero attached hydrogens (tertiary/aromatic N) is 5. The van der Waals surface area contributed by atoms with Crippen molar-refractivity contribution in [3.8, 4) is 17.0 Å². The molecule has 2 heterocycles. The third-order valence-corrected chi connectivity index (χ3v) is 6.40. The average molecular weight is 488 g/mol. The lowest BCUT2D eigenvalue weighted by molar-refractivity contribution is -0.132. The van der Waals surface area contributed by atoms with Gasteiger partial charge in [-0.05, 0) is 56.7 Å². The summed E-state index contributed by atoms with van der Waals surface area (Å²) in [6, 6.07) is 20.7. The van der Waals surface area contributed by atoms with Crippen molar-refractivity contribution in [2.75, 3.05) is 44.7 Å². The third-order valence-electron chi connectivity index (χ3n) is 6.40. The molecule has 0 N–H and O–H groups in total. The van der Waals surface area contributed by atoms with Crippen LogP contribution in [0.1, 0.15) is 30.6 Å². The highest BCUT2D eigenvalue weighted by Crippen LogP contribution is 2.23. The summed E-state index contributed by atoms with van der Waals surface area (Å²) in [4.78, 5) is 31.8. The van der Waals surface area contributed by atoms with Gasteiger partial charge in [0.15, 0.2) is 5.82 Å². The number of carbonyl (C=O) groups is 2. The zero-order valence-corrected chi connectivity index (χ0v) is 21.1. The van der Waals surface area contributed by atoms with Crippen LogP contribution in [0, 0.1) is 0 Å². The number of aromatic nitrogens is 2. The highest BCUT2D eigenvalue weighted by Gasteiger charge is 2.26. The molecule has 1 saturated heterocycles. The first-order chi connectivity index (χ1) is 17.5. The number of amides is 2. The summed E-state index contributed by atoms with van der Waals surface area (Å²) in [5.41, 5.74) is 2.32. The molecule has 0 radical (unpaired) electrons. The van der Waals surface area contributed by atoms with E-state index in [0.717, 1.165) is 35.8 Å². The lowest BCUT2D eigenvalue weighted by atomic mass is 10.1. The summed E-state index contributed by atoms with van der Waals surface area (Å²) in [5.74, 6) is 1.41. The van der Waals surface area contributed by atoms with Crippen LogP contribution in [-0.4, -0.2) is 77.7 Å². The second kappa shape index (κ2) is 11.7. The van der Waals surface area contributed by atoms with Gasteiger partial charge in [0.05, 0.1) is 12.8 Å². The molecule has 2 aromatic carbocycles. The molecule has 188 valence electrons. The summed E-state index contributed by atoms with van der Waals surface area (Å²) in [7, 11) is 1.64. The van der Waals surface area contributed by atoms with Crippen molar-refractivity contribution in [1.29, 1.82) is 0 Å². The van der Waals surface area contributed by atoms with Gasteiger partial charge in [0.25, 0.3) is 5.91 Å². The molecule has 4 rings (SSSR count). The Morgan fingerprint density at radius 3 is 2.44 bits per heavy atom. The molecule has 1 fully saturated rings. The standard InChI is InChI=1S/C28H33N5O3/c1-21(2)33(28(35)22-9-5-4-6-10-22)20-27(34)32-16-8-15-31(17-18-32)26-14-13-25(29-30-26)23-11-7-12-24(19-23)36-3/h4-7,9-14,19,21H,8,15-18,20H2,1-3H3. The smallest absolute Gasteiger partial charge is 0.254 e. The quantitative estimate of drug-likeness (QED) is 0.505. The topological polar surface area (TPSA) is 78.9 Å². The minimum atomic E-state index is -0.123. The second-order valence-corrected chi connectivity index (χ2v) is 9.12. The Hall–Kier alpha value is -3.94. The molecule has 36 heavy (non-hydrogen) atoms. The Kier molecular flexibility index (Phi) is 8.15. The van der Waals surface area contributed by atoms with E-state index in [1.54, 1.807) is 24.1 Å². The zero-order chi connectivity index (χ0) is 25.5. The van der Waals surface area contributed by atoms with Crippen LogP contribution < -0.4 is 9.64 Å². The van der Waals surface area contributed by atoms with Gasteiger partial charge in [-0.1, -0.05) is 30.3 Å². The van der Waals surface area contributed by atoms with Crippen molar-refractivity contribution in [3.63, 3.8) is 0 Å². The molecule has 1 aliphatic rings. The van der Waals surface area contributed by atoms with Gasteiger partial charge >= 0.3 is 0 Å². The lowest BCUT2D eigenvalue weighted by Crippen LogP contribution is -2.46. The van der Waals surface area contributed by atoms with Crippen LogP contribution in [0.3, 0.4) is 0 Å². The van der Waals surface area contributed by atoms with E-state index in [9.17, 15) is 9.59 Å². The maximum Gasteiger partial charge on any atom is 0.254 e. The van der Waals surface area contributed by atoms with Crippen molar-refractivity contribution in [1.82, 2.24) is 20.0 Å². The van der Waals surface area contributed by atoms with Crippen LogP contribution in [-0.2, 0) is 4.79 Å². The molecule has 0 unspecified atom stereocenters. The van der Waals surface area contributed by atoms with Crippen molar-refractivity contribution < 1.29 is 14.3 Å². The van der Waals surface area contributed by atoms with Crippen LogP contribution in [0.25, 0.3) is 11.3 Å². The molecule has 0 saturated carbocycles. The number of benzene rings is 2. The highest BCUT2D eigenvalue weighted by atomic mass is 16.5. The normalized spacial score (nSPS) is 13.9. The first kappa shape index (κ1) is 25.2. The second-order valence-electron chi connectivity index (χ2n) is 9.12. The molecule has 3 aromatic rings. The van der Waals surface area contributed by atoms with Gasteiger partial charge in [-0.25, -0.2) is 0 Å². The van der Waals surface area contributed by atoms with Gasteiger partial charge in [0, 0.05) is 43.3 Å². The molecular formula is C28H33N5O3. The monoisotopic (exact) mass is 487 g/mol. The van der Waals surface area contributed by atoms with E-state index in [4.69, 9.17) is 4.74 Å². The third kappa shape index (κ3) is 6.00. The Morgan fingerprint density at radius 1 is 0.944 bits per heavy atom. The van der Waals surface area contributed by atoms with Crippen molar-refractivity contribution >= 4 is 17.6 Å². The van der Waals surface area contributed by atoms with Gasteiger partial charge in [0.2, 0.25) is 5.91 Å². The van der Waals surface area contributed by atoms with Gasteiger partial charge in [-0.15, -0.1) is 10.2 Å². The fourth-order valence-electron chi connectivity index (χ4n) is 4.31. The minimum absolute atomic E-state index is 0.0331. The SMILES string of the molecule is COc1cccc(-c2ccc(N3CCCN(C(=O)CN(C(=O)c4ccccc4)C(C)C)CC3)nn2)c1. The molecule has 8 heteroatoms. The highest BCUT2D eigenvalue weighted by molar-refractivity contribution is 5.96. The molecule has 0 aliphatic carbocycles. The van der Waals surface area contributed by atoms with Gasteiger partial charge in [-0.2, -0.15) is 0 Å². The number of hydrogen-bond acceptors (Lipinski definition) is 6. The summed E-state index contributed by atoms with van der Waals surface area (Å²) < 4.78 is 5.30. The molecule has 8 nitrogen and oxygen atoms in total. The maximum atomic E-state index is 13.2. The van der Waals surface area contributed by atoms with Crippen LogP contribution in [0.2, 0.25) is 0 Å². The number of hydrogen-bond donors (Lipinski definition) is 0. The number of carbonyl (C=O) groups excluding carboxylic acids is 2. The Morgan fingerprint density at radius 2 is 1.75 bits per heavy atom. The predicted molar refractivity (Wildman–Crippen MR) is 140 cm³/mol. The van der Waals surface area contributed by atoms with Crippen LogP contribution >= 0.6 is 0 Å². The molecule has 1 aliphatic heterocycles. The van der Waals surface area contributed by atoms with E-state index >= 15 is 0 Å². The van der Waals surface area contributed by atoms with Gasteiger partial charge in [0.1, 0.15) is 12.3 Å². The largest absolute Gasteiger partial charge is 0.497 e. The number of anilines is 1. The van der Waals surface area contributed by atoms with Crippen LogP contribution in [0.4, 0.5) is 5.82 Å². The van der Waals surface area contributed by atoms with Gasteiger partial charge < -0.3 is 19.4 Å². The molecular weight excluding hydrogens is 454 g/mol. The van der Waals surface area contributed by atoms with Gasteiger partial charge in [-0.3, -0.25) is 9.59 Å². The fourth-order valence-corrected chi connectivity index (χ4v) is 4.31. The lowest BCUT2D eigenvalue weighted by Gasteiger charge is -2.29. The van der Waals surface area contributed by atoms with E-state index in [1.165, 1.54) is 0 Å². The van der Waals surface area contributed by atoms with E-state index in [2.05, 4.69) is 15.1 Å². The fraction of sp³-hybridized carbons (Fsp3) is 0.357. The van der Waals surface area contributed by atoms with Crippen LogP contribution in [0.15, 0.2) is 66.7 Å². The zero-order valence-electron chi connectivity index (χ0n) is 21.1. The number of methoxy groups -OCH3 is 1. The molecule has 0 atom stereocenters. The van der Waals surface area contributed by atoms with Crippen molar-refractivity contribution in [2.24, 2.45) is 0 Å². The summed E-state index contributed by atoms with van der Waals surface area (Å²) in [6.45, 7) is 6.61. The van der Waals surface area contributed by atoms with Crippen molar-refractivity contribution in [3.05, 3.63) is 72.3 Å². The summed E-state index contributed by atoms with van der Waals surface area (Å²) >= 11 is 0. The molecule has 2 amide bonds. The number of rotatable bonds is 7. The van der Waals surface area contributed by atoms with E-state index in [0.29, 0.717) is 25.2 Å². The predicted octanol–water partition coefficient (Wildman–Crippen LogP) is 3.74. The van der Waals surface area contributed by atoms with E-state index in [1.807, 2.05) is 73.3 Å². The maximum absolute atomic E-state index is 13.2. The van der Waals surface area contributed by atoms with Crippen LogP contribution in [0.5, 0.6) is 5.75 Å². The van der Waals surface area contributed by atoms with E-state index in [-0.39, 0.29) is 24.4 Å². The Balaban J connectivity index is 1.38. The molecule has 0 bridgehead atoms. The Bertz CT molecular complexity index is 1170. The summed E-state index contributed by atoms with van der Waals surface area (Å²) in [6.07, 6.45) is 0.819. The molecule has 0 spiro atoms. The van der Waals surface area contributed by atoms with Crippen molar-refractivity contribution in [2.45, 2.75) is 26.3 Å².